The molecule has 0 saturated heterocycles. The largest absolute Gasteiger partial charge is 0.508 e. The highest BCUT2D eigenvalue weighted by Crippen LogP contribution is 2.41. The van der Waals surface area contributed by atoms with Crippen molar-refractivity contribution in [2.24, 2.45) is 0 Å². The van der Waals surface area contributed by atoms with Crippen LogP contribution in [0, 0.1) is 5.82 Å². The lowest BCUT2D eigenvalue weighted by Gasteiger charge is -2.33. The lowest BCUT2D eigenvalue weighted by atomic mass is 10.2. The summed E-state index contributed by atoms with van der Waals surface area (Å²) in [5, 5.41) is 23.4. The topological polar surface area (TPSA) is 156 Å². The number of carbonyl (C=O) groups is 1. The van der Waals surface area contributed by atoms with E-state index in [1.165, 1.54) is 44.5 Å². The minimum absolute atomic E-state index is 0.00592. The number of aliphatic hydroxyl groups excluding tert-OH is 1. The Morgan fingerprint density at radius 3 is 2.37 bits per heavy atom. The first-order chi connectivity index (χ1) is 24.4. The molecule has 280 valence electrons. The van der Waals surface area contributed by atoms with Crippen LogP contribution in [0.4, 0.5) is 10.2 Å². The van der Waals surface area contributed by atoms with Crippen LogP contribution >= 0.6 is 22.6 Å². The third-order valence-electron chi connectivity index (χ3n) is 8.24. The van der Waals surface area contributed by atoms with E-state index in [2.05, 4.69) is 27.7 Å². The van der Waals surface area contributed by atoms with E-state index in [-0.39, 0.29) is 90.0 Å². The van der Waals surface area contributed by atoms with Gasteiger partial charge in [-0.2, -0.15) is 0 Å². The van der Waals surface area contributed by atoms with Gasteiger partial charge in [0.25, 0.3) is 11.5 Å². The molecule has 5 rings (SSSR count). The number of aromatic hydroxyl groups is 1. The molecular formula is C35H47FIN5O8S. The number of sulfonamides is 1. The van der Waals surface area contributed by atoms with Crippen LogP contribution in [0.2, 0.25) is 0 Å². The van der Waals surface area contributed by atoms with Gasteiger partial charge in [-0.1, -0.05) is 54.6 Å². The minimum Gasteiger partial charge on any atom is -0.508 e. The predicted molar refractivity (Wildman–Crippen MR) is 205 cm³/mol. The molecular weight excluding hydrogens is 796 g/mol. The van der Waals surface area contributed by atoms with E-state index in [1.807, 2.05) is 32.6 Å². The summed E-state index contributed by atoms with van der Waals surface area (Å²) in [6.07, 6.45) is 0.471. The standard InChI is InChI=1S/C32H38FN5O8S.C2H6.CH3I/c1-5-36-17-20(2)38-27-26(29(45-4)28(38)32(36)42)31(41)37(34-30(27)35(3)47(43,44)15-7-6-14-39)18-22-10-11-23(33)16-25(22)46-19-21-8-12-24(40)13-9-21;2*1-2/h8-13,16,20,39-40H,5-7,14-15,17-19H2,1-4H3;1-2H3;1H3. The number of phenols is 1. The number of carbonyl (C=O) groups excluding carboxylic acids is 1. The Bertz CT molecular complexity index is 1970. The van der Waals surface area contributed by atoms with Crippen molar-refractivity contribution < 1.29 is 37.3 Å². The number of hydrogen-bond acceptors (Lipinski definition) is 9. The van der Waals surface area contributed by atoms with Gasteiger partial charge in [-0.05, 0) is 55.4 Å². The average Bonchev–Trinajstić information content (AvgIpc) is 3.49. The molecule has 13 nitrogen and oxygen atoms in total. The van der Waals surface area contributed by atoms with Crippen molar-refractivity contribution in [2.45, 2.75) is 59.7 Å². The van der Waals surface area contributed by atoms with E-state index in [1.54, 1.807) is 21.6 Å². The number of halogens is 2. The molecule has 2 N–H and O–H groups in total. The number of aromatic nitrogens is 3. The Morgan fingerprint density at radius 2 is 1.76 bits per heavy atom. The number of alkyl halides is 1. The number of rotatable bonds is 13. The maximum atomic E-state index is 14.4. The second-order valence-electron chi connectivity index (χ2n) is 11.4. The Hall–Kier alpha value is -3.90. The van der Waals surface area contributed by atoms with Gasteiger partial charge in [0, 0.05) is 44.4 Å². The Balaban J connectivity index is 0.00000169. The van der Waals surface area contributed by atoms with E-state index in [0.717, 1.165) is 8.99 Å². The first kappa shape index (κ1) is 41.5. The van der Waals surface area contributed by atoms with Crippen LogP contribution in [-0.4, -0.2) is 88.3 Å². The molecule has 1 aliphatic rings. The number of methoxy groups -OCH3 is 1. The second-order valence-corrected chi connectivity index (χ2v) is 13.5. The molecule has 51 heavy (non-hydrogen) atoms. The van der Waals surface area contributed by atoms with Gasteiger partial charge >= 0.3 is 0 Å². The number of unbranched alkanes of at least 4 members (excludes halogenated alkanes) is 1. The van der Waals surface area contributed by atoms with Crippen LogP contribution in [-0.2, 0) is 23.2 Å². The fourth-order valence-corrected chi connectivity index (χ4v) is 6.99. The van der Waals surface area contributed by atoms with Gasteiger partial charge in [0.05, 0.1) is 19.4 Å². The number of ether oxygens (including phenoxy) is 2. The summed E-state index contributed by atoms with van der Waals surface area (Å²) in [5.74, 6) is -1.11. The van der Waals surface area contributed by atoms with Crippen molar-refractivity contribution in [3.05, 3.63) is 75.5 Å². The molecule has 0 saturated carbocycles. The zero-order chi connectivity index (χ0) is 38.0. The van der Waals surface area contributed by atoms with E-state index in [9.17, 15) is 32.6 Å². The molecule has 1 atom stereocenters. The quantitative estimate of drug-likeness (QED) is 0.103. The van der Waals surface area contributed by atoms with Crippen LogP contribution in [0.15, 0.2) is 47.3 Å². The fraction of sp³-hybridized carbons (Fsp3) is 0.457. The van der Waals surface area contributed by atoms with Gasteiger partial charge in [0.1, 0.15) is 34.8 Å². The van der Waals surface area contributed by atoms with Crippen LogP contribution in [0.1, 0.15) is 68.2 Å². The predicted octanol–water partition coefficient (Wildman–Crippen LogP) is 5.33. The smallest absolute Gasteiger partial charge is 0.280 e. The minimum atomic E-state index is -4.00. The summed E-state index contributed by atoms with van der Waals surface area (Å²) in [7, 11) is -1.33. The molecule has 0 spiro atoms. The van der Waals surface area contributed by atoms with Crippen molar-refractivity contribution in [1.82, 2.24) is 19.2 Å². The summed E-state index contributed by atoms with van der Waals surface area (Å²) in [4.78, 5) is 31.5. The summed E-state index contributed by atoms with van der Waals surface area (Å²) in [6, 6.07) is 9.78. The second kappa shape index (κ2) is 18.5. The Morgan fingerprint density at radius 1 is 1.10 bits per heavy atom. The number of hydrogen-bond donors (Lipinski definition) is 2. The highest BCUT2D eigenvalue weighted by Gasteiger charge is 2.39. The number of benzene rings is 2. The van der Waals surface area contributed by atoms with Gasteiger partial charge in [-0.25, -0.2) is 17.5 Å². The number of likely N-dealkylation sites (N-methyl/N-ethyl adjacent to an activating group) is 1. The monoisotopic (exact) mass is 843 g/mol. The number of nitrogens with zero attached hydrogens (tertiary/aromatic N) is 5. The molecule has 0 aliphatic carbocycles. The zero-order valence-electron chi connectivity index (χ0n) is 30.0. The molecule has 0 fully saturated rings. The van der Waals surface area contributed by atoms with Crippen LogP contribution in [0.25, 0.3) is 10.9 Å². The van der Waals surface area contributed by atoms with Crippen molar-refractivity contribution >= 4 is 55.2 Å². The van der Waals surface area contributed by atoms with E-state index >= 15 is 0 Å². The first-order valence-electron chi connectivity index (χ1n) is 16.6. The summed E-state index contributed by atoms with van der Waals surface area (Å²) < 4.78 is 56.8. The molecule has 1 amide bonds. The number of aliphatic hydroxyl groups is 1. The van der Waals surface area contributed by atoms with Gasteiger partial charge in [0.15, 0.2) is 17.3 Å². The molecule has 1 aliphatic heterocycles. The normalized spacial score (nSPS) is 13.9. The van der Waals surface area contributed by atoms with Crippen LogP contribution in [0.3, 0.4) is 0 Å². The van der Waals surface area contributed by atoms with Gasteiger partial charge < -0.3 is 29.2 Å². The molecule has 0 bridgehead atoms. The van der Waals surface area contributed by atoms with E-state index in [0.29, 0.717) is 24.2 Å². The van der Waals surface area contributed by atoms with Crippen LogP contribution in [0.5, 0.6) is 17.2 Å². The van der Waals surface area contributed by atoms with E-state index in [4.69, 9.17) is 9.47 Å². The summed E-state index contributed by atoms with van der Waals surface area (Å²) >= 11 is 2.15. The highest BCUT2D eigenvalue weighted by atomic mass is 127. The highest BCUT2D eigenvalue weighted by molar-refractivity contribution is 14.1. The molecule has 16 heteroatoms. The fourth-order valence-electron chi connectivity index (χ4n) is 5.76. The lowest BCUT2D eigenvalue weighted by Crippen LogP contribution is -2.42. The molecule has 3 heterocycles. The van der Waals surface area contributed by atoms with Crippen molar-refractivity contribution in [2.75, 3.05) is 48.8 Å². The SMILES string of the molecule is CC.CCN1CC(C)n2c(c(OC)c3c(=O)n(Cc4ccc(F)cc4OCc4ccc(O)cc4)nc(N(C)S(=O)(=O)CCCCO)c32)C1=O.CI. The van der Waals surface area contributed by atoms with Gasteiger partial charge in [-0.15, -0.1) is 5.10 Å². The number of amides is 1. The first-order valence-corrected chi connectivity index (χ1v) is 20.3. The lowest BCUT2D eigenvalue weighted by molar-refractivity contribution is 0.0685. The Labute approximate surface area is 311 Å². The third-order valence-corrected chi connectivity index (χ3v) is 10.1. The molecule has 2 aromatic heterocycles. The maximum absolute atomic E-state index is 14.4. The Kier molecular flexibility index (Phi) is 15.1. The molecule has 2 aromatic carbocycles. The molecule has 0 radical (unpaired) electrons. The summed E-state index contributed by atoms with van der Waals surface area (Å²) in [6.45, 7) is 8.07. The number of anilines is 1. The van der Waals surface area contributed by atoms with Crippen molar-refractivity contribution in [3.63, 3.8) is 0 Å². The molecule has 1 unspecified atom stereocenters. The zero-order valence-corrected chi connectivity index (χ0v) is 33.0. The maximum Gasteiger partial charge on any atom is 0.280 e. The number of phenolic OH excluding ortho intramolecular Hbond substituents is 1. The van der Waals surface area contributed by atoms with Gasteiger partial charge in [-0.3, -0.25) is 13.9 Å². The summed E-state index contributed by atoms with van der Waals surface area (Å²) in [5.41, 5.74) is 0.695. The van der Waals surface area contributed by atoms with Crippen molar-refractivity contribution in [1.29, 1.82) is 0 Å². The van der Waals surface area contributed by atoms with Crippen molar-refractivity contribution in [3.8, 4) is 17.2 Å². The van der Waals surface area contributed by atoms with E-state index < -0.39 is 21.4 Å². The van der Waals surface area contributed by atoms with Gasteiger partial charge in [0.2, 0.25) is 10.0 Å². The average molecular weight is 844 g/mol. The molecule has 4 aromatic rings. The number of fused-ring (bicyclic) bond motifs is 3. The van der Waals surface area contributed by atoms with Crippen LogP contribution < -0.4 is 19.3 Å². The third kappa shape index (κ3) is 8.95.